The van der Waals surface area contributed by atoms with Gasteiger partial charge in [-0.2, -0.15) is 0 Å². The van der Waals surface area contributed by atoms with Crippen LogP contribution in [0.15, 0.2) is 28.7 Å². The minimum Gasteiger partial charge on any atom is -0.340 e. The van der Waals surface area contributed by atoms with E-state index >= 15 is 0 Å². The molecule has 0 unspecified atom stereocenters. The lowest BCUT2D eigenvalue weighted by molar-refractivity contribution is 1.05. The highest BCUT2D eigenvalue weighted by molar-refractivity contribution is 9.10. The van der Waals surface area contributed by atoms with Gasteiger partial charge in [0, 0.05) is 16.2 Å². The standard InChI is InChI=1S/C11H11BrClN5/c1-6-15-10(5-11(16-6)18-14)17-7-2-3-9(13)8(12)4-7/h2-5H,14H2,1H3,(H2,15,16,17,18). The van der Waals surface area contributed by atoms with Gasteiger partial charge in [0.1, 0.15) is 17.5 Å². The van der Waals surface area contributed by atoms with E-state index in [0.717, 1.165) is 10.2 Å². The van der Waals surface area contributed by atoms with Crippen LogP contribution in [0.1, 0.15) is 5.82 Å². The van der Waals surface area contributed by atoms with E-state index in [0.29, 0.717) is 22.5 Å². The van der Waals surface area contributed by atoms with Crippen molar-refractivity contribution in [1.82, 2.24) is 9.97 Å². The lowest BCUT2D eigenvalue weighted by Crippen LogP contribution is -2.10. The average molecular weight is 329 g/mol. The number of aryl methyl sites for hydroxylation is 1. The van der Waals surface area contributed by atoms with Gasteiger partial charge in [-0.3, -0.25) is 0 Å². The number of nitrogen functional groups attached to an aromatic ring is 1. The third kappa shape index (κ3) is 3.10. The van der Waals surface area contributed by atoms with Gasteiger partial charge in [-0.15, -0.1) is 0 Å². The van der Waals surface area contributed by atoms with Crippen molar-refractivity contribution in [3.63, 3.8) is 0 Å². The molecule has 1 aromatic carbocycles. The summed E-state index contributed by atoms with van der Waals surface area (Å²) >= 11 is 9.29. The number of nitrogens with zero attached hydrogens (tertiary/aromatic N) is 2. The van der Waals surface area contributed by atoms with Crippen LogP contribution in [-0.2, 0) is 0 Å². The third-order valence-corrected chi connectivity index (χ3v) is 3.39. The van der Waals surface area contributed by atoms with Gasteiger partial charge in [-0.25, -0.2) is 15.8 Å². The normalized spacial score (nSPS) is 10.2. The number of anilines is 3. The topological polar surface area (TPSA) is 75.9 Å². The number of hydrogen-bond acceptors (Lipinski definition) is 5. The molecule has 4 N–H and O–H groups in total. The number of rotatable bonds is 3. The predicted octanol–water partition coefficient (Wildman–Crippen LogP) is 3.23. The van der Waals surface area contributed by atoms with E-state index in [1.54, 1.807) is 19.1 Å². The second kappa shape index (κ2) is 5.51. The van der Waals surface area contributed by atoms with Crippen molar-refractivity contribution in [2.75, 3.05) is 10.7 Å². The Morgan fingerprint density at radius 2 is 1.94 bits per heavy atom. The van der Waals surface area contributed by atoms with Crippen LogP contribution in [0.5, 0.6) is 0 Å². The van der Waals surface area contributed by atoms with Crippen LogP contribution in [0.25, 0.3) is 0 Å². The van der Waals surface area contributed by atoms with E-state index in [4.69, 9.17) is 17.4 Å². The fourth-order valence-corrected chi connectivity index (χ4v) is 1.92. The lowest BCUT2D eigenvalue weighted by atomic mass is 10.3. The van der Waals surface area contributed by atoms with Crippen LogP contribution in [0.2, 0.25) is 5.02 Å². The highest BCUT2D eigenvalue weighted by atomic mass is 79.9. The molecule has 1 heterocycles. The summed E-state index contributed by atoms with van der Waals surface area (Å²) in [6.45, 7) is 1.80. The number of halogens is 2. The monoisotopic (exact) mass is 327 g/mol. The van der Waals surface area contributed by atoms with E-state index in [2.05, 4.69) is 36.6 Å². The minimum atomic E-state index is 0.554. The average Bonchev–Trinajstić information content (AvgIpc) is 2.33. The number of aromatic nitrogens is 2. The fraction of sp³-hybridized carbons (Fsp3) is 0.0909. The molecule has 18 heavy (non-hydrogen) atoms. The molecule has 0 aliphatic carbocycles. The SMILES string of the molecule is Cc1nc(NN)cc(Nc2ccc(Cl)c(Br)c2)n1. The molecule has 0 saturated heterocycles. The third-order valence-electron chi connectivity index (χ3n) is 2.18. The van der Waals surface area contributed by atoms with Crippen molar-refractivity contribution in [2.24, 2.45) is 5.84 Å². The Bertz CT molecular complexity index is 575. The fourth-order valence-electron chi connectivity index (χ4n) is 1.43. The number of hydrogen-bond donors (Lipinski definition) is 3. The number of nitrogens with one attached hydrogen (secondary N) is 2. The molecule has 0 amide bonds. The van der Waals surface area contributed by atoms with Gasteiger partial charge in [0.05, 0.1) is 5.02 Å². The van der Waals surface area contributed by atoms with Gasteiger partial charge in [0.15, 0.2) is 0 Å². The molecule has 0 aliphatic rings. The van der Waals surface area contributed by atoms with Crippen molar-refractivity contribution in [2.45, 2.75) is 6.92 Å². The van der Waals surface area contributed by atoms with Gasteiger partial charge >= 0.3 is 0 Å². The molecule has 0 fully saturated rings. The van der Waals surface area contributed by atoms with Crippen LogP contribution in [-0.4, -0.2) is 9.97 Å². The molecule has 0 spiro atoms. The molecular formula is C11H11BrClN5. The van der Waals surface area contributed by atoms with E-state index in [1.807, 2.05) is 12.1 Å². The maximum atomic E-state index is 5.93. The molecule has 0 bridgehead atoms. The molecule has 0 atom stereocenters. The van der Waals surface area contributed by atoms with E-state index in [9.17, 15) is 0 Å². The number of benzene rings is 1. The van der Waals surface area contributed by atoms with E-state index in [1.165, 1.54) is 0 Å². The molecule has 0 aliphatic heterocycles. The second-order valence-corrected chi connectivity index (χ2v) is 4.85. The summed E-state index contributed by atoms with van der Waals surface area (Å²) in [6, 6.07) is 7.25. The van der Waals surface area contributed by atoms with Gasteiger partial charge in [0.2, 0.25) is 0 Å². The Labute approximate surface area is 118 Å². The Morgan fingerprint density at radius 1 is 1.22 bits per heavy atom. The van der Waals surface area contributed by atoms with Gasteiger partial charge in [0.25, 0.3) is 0 Å². The summed E-state index contributed by atoms with van der Waals surface area (Å²) in [7, 11) is 0. The first-order valence-corrected chi connectivity index (χ1v) is 6.30. The first-order valence-electron chi connectivity index (χ1n) is 5.13. The Hall–Kier alpha value is -1.37. The molecule has 2 rings (SSSR count). The first kappa shape index (κ1) is 13.1. The van der Waals surface area contributed by atoms with Crippen molar-refractivity contribution in [3.8, 4) is 0 Å². The zero-order chi connectivity index (χ0) is 13.1. The minimum absolute atomic E-state index is 0.554. The number of hydrazine groups is 1. The highest BCUT2D eigenvalue weighted by Crippen LogP contribution is 2.27. The van der Waals surface area contributed by atoms with Gasteiger partial charge in [-0.1, -0.05) is 11.6 Å². The Balaban J connectivity index is 2.27. The largest absolute Gasteiger partial charge is 0.340 e. The lowest BCUT2D eigenvalue weighted by Gasteiger charge is -2.09. The molecular weight excluding hydrogens is 318 g/mol. The summed E-state index contributed by atoms with van der Waals surface area (Å²) in [5.41, 5.74) is 3.36. The maximum absolute atomic E-state index is 5.93. The second-order valence-electron chi connectivity index (χ2n) is 3.58. The highest BCUT2D eigenvalue weighted by Gasteiger charge is 2.03. The van der Waals surface area contributed by atoms with E-state index in [-0.39, 0.29) is 0 Å². The first-order chi connectivity index (χ1) is 8.58. The van der Waals surface area contributed by atoms with Crippen LogP contribution in [0, 0.1) is 6.92 Å². The van der Waals surface area contributed by atoms with Crippen LogP contribution in [0.3, 0.4) is 0 Å². The summed E-state index contributed by atoms with van der Waals surface area (Å²) < 4.78 is 0.817. The molecule has 94 valence electrons. The van der Waals surface area contributed by atoms with Crippen molar-refractivity contribution < 1.29 is 0 Å². The van der Waals surface area contributed by atoms with Crippen LogP contribution in [0.4, 0.5) is 17.3 Å². The van der Waals surface area contributed by atoms with Crippen LogP contribution < -0.4 is 16.6 Å². The Kier molecular flexibility index (Phi) is 4.00. The Morgan fingerprint density at radius 3 is 2.61 bits per heavy atom. The number of nitrogens with two attached hydrogens (primary N) is 1. The summed E-state index contributed by atoms with van der Waals surface area (Å²) in [5.74, 6) is 7.17. The molecule has 1 aromatic heterocycles. The zero-order valence-corrected chi connectivity index (χ0v) is 11.9. The van der Waals surface area contributed by atoms with Gasteiger partial charge < -0.3 is 10.7 Å². The van der Waals surface area contributed by atoms with Gasteiger partial charge in [-0.05, 0) is 41.1 Å². The zero-order valence-electron chi connectivity index (χ0n) is 9.54. The quantitative estimate of drug-likeness (QED) is 0.596. The van der Waals surface area contributed by atoms with E-state index < -0.39 is 0 Å². The molecule has 7 heteroatoms. The molecule has 0 saturated carbocycles. The summed E-state index contributed by atoms with van der Waals surface area (Å²) in [4.78, 5) is 8.37. The predicted molar refractivity (Wildman–Crippen MR) is 77.0 cm³/mol. The smallest absolute Gasteiger partial charge is 0.145 e. The van der Waals surface area contributed by atoms with Crippen LogP contribution >= 0.6 is 27.5 Å². The molecule has 2 aromatic rings. The molecule has 5 nitrogen and oxygen atoms in total. The van der Waals surface area contributed by atoms with Crippen molar-refractivity contribution >= 4 is 44.9 Å². The summed E-state index contributed by atoms with van der Waals surface area (Å²) in [5, 5.41) is 3.81. The molecule has 0 radical (unpaired) electrons. The van der Waals surface area contributed by atoms with Crippen molar-refractivity contribution in [3.05, 3.63) is 39.6 Å². The summed E-state index contributed by atoms with van der Waals surface area (Å²) in [6.07, 6.45) is 0. The maximum Gasteiger partial charge on any atom is 0.145 e. The van der Waals surface area contributed by atoms with Crippen molar-refractivity contribution in [1.29, 1.82) is 0 Å².